The van der Waals surface area contributed by atoms with Gasteiger partial charge in [0.25, 0.3) is 0 Å². The minimum Gasteiger partial charge on any atom is -0.307 e. The van der Waals surface area contributed by atoms with Crippen LogP contribution in [0.25, 0.3) is 0 Å². The largest absolute Gasteiger partial charge is 0.360 e. The fraction of sp³-hybridized carbons (Fsp3) is 0.318. The molecule has 1 unspecified atom stereocenters. The van der Waals surface area contributed by atoms with Crippen molar-refractivity contribution in [1.82, 2.24) is 4.72 Å². The number of sulfonamides is 1. The van der Waals surface area contributed by atoms with Crippen LogP contribution in [0.3, 0.4) is 0 Å². The number of nitrogens with one attached hydrogen (secondary N) is 1. The third-order valence-corrected chi connectivity index (χ3v) is 11.1. The number of rotatable bonds is 10. The molecule has 0 bridgehead atoms. The molecule has 0 saturated heterocycles. The topological polar surface area (TPSA) is 133 Å². The molecule has 2 aromatic carbocycles. The van der Waals surface area contributed by atoms with Gasteiger partial charge in [-0.05, 0) is 39.0 Å². The van der Waals surface area contributed by atoms with Crippen molar-refractivity contribution in [3.63, 3.8) is 0 Å². The van der Waals surface area contributed by atoms with Crippen molar-refractivity contribution in [2.24, 2.45) is 0 Å². The van der Waals surface area contributed by atoms with Gasteiger partial charge in [0.05, 0.1) is 23.9 Å². The van der Waals surface area contributed by atoms with Crippen LogP contribution in [-0.2, 0) is 38.8 Å². The lowest BCUT2D eigenvalue weighted by molar-refractivity contribution is 0.103. The van der Waals surface area contributed by atoms with Crippen molar-refractivity contribution in [1.29, 1.82) is 0 Å². The highest BCUT2D eigenvalue weighted by molar-refractivity contribution is 7.96. The third kappa shape index (κ3) is 4.56. The monoisotopic (exact) mass is 527 g/mol. The number of sulfone groups is 1. The molecule has 1 N–H and O–H groups in total. The Morgan fingerprint density at radius 1 is 0.882 bits per heavy atom. The van der Waals surface area contributed by atoms with E-state index in [1.165, 1.54) is 55.5 Å². The van der Waals surface area contributed by atoms with E-state index in [0.717, 1.165) is 6.08 Å². The highest BCUT2D eigenvalue weighted by Gasteiger charge is 2.58. The molecule has 1 aliphatic carbocycles. The lowest BCUT2D eigenvalue weighted by atomic mass is 9.92. The maximum atomic E-state index is 14.2. The van der Waals surface area contributed by atoms with E-state index >= 15 is 0 Å². The van der Waals surface area contributed by atoms with Crippen molar-refractivity contribution in [3.05, 3.63) is 76.7 Å². The number of Topliss-reactive ketones (excluding diaryl/α,β-unsaturated/α-hetero) is 1. The molecule has 0 spiro atoms. The van der Waals surface area contributed by atoms with E-state index in [-0.39, 0.29) is 29.2 Å². The second-order valence-electron chi connectivity index (χ2n) is 7.30. The number of carbonyl (C=O) groups excluding carboxylic acids is 1. The summed E-state index contributed by atoms with van der Waals surface area (Å²) >= 11 is 0. The maximum absolute atomic E-state index is 14.2. The number of ketones is 1. The van der Waals surface area contributed by atoms with Gasteiger partial charge in [0, 0.05) is 11.1 Å². The Morgan fingerprint density at radius 2 is 1.44 bits per heavy atom. The number of hydrogen-bond acceptors (Lipinski definition) is 8. The van der Waals surface area contributed by atoms with E-state index in [9.17, 15) is 26.2 Å². The van der Waals surface area contributed by atoms with Crippen LogP contribution in [0.4, 0.5) is 0 Å². The summed E-state index contributed by atoms with van der Waals surface area (Å²) < 4.78 is 80.4. The number of hydrogen-bond donors (Lipinski definition) is 1. The molecule has 1 aliphatic rings. The molecule has 0 radical (unpaired) electrons. The van der Waals surface area contributed by atoms with Crippen molar-refractivity contribution in [2.75, 3.05) is 19.0 Å². The van der Waals surface area contributed by atoms with E-state index in [1.54, 1.807) is 19.9 Å². The molecule has 0 fully saturated rings. The Bertz CT molecular complexity index is 1360. The van der Waals surface area contributed by atoms with Crippen molar-refractivity contribution in [2.45, 2.75) is 30.9 Å². The zero-order valence-electron chi connectivity index (χ0n) is 18.9. The summed E-state index contributed by atoms with van der Waals surface area (Å²) in [5, 5.41) is -2.30. The number of allylic oxidation sites excluding steroid dienone is 1. The molecule has 12 heteroatoms. The van der Waals surface area contributed by atoms with Gasteiger partial charge in [-0.3, -0.25) is 9.36 Å². The van der Waals surface area contributed by atoms with E-state index < -0.39 is 49.2 Å². The zero-order valence-corrected chi connectivity index (χ0v) is 21.5. The summed E-state index contributed by atoms with van der Waals surface area (Å²) in [7, 11) is -13.0. The summed E-state index contributed by atoms with van der Waals surface area (Å²) in [6.07, 6.45) is 0.874. The van der Waals surface area contributed by atoms with Crippen LogP contribution in [0.15, 0.2) is 70.5 Å². The first-order valence-corrected chi connectivity index (χ1v) is 15.2. The van der Waals surface area contributed by atoms with Gasteiger partial charge in [-0.15, -0.1) is 0 Å². The first-order valence-electron chi connectivity index (χ1n) is 10.6. The highest BCUT2D eigenvalue weighted by atomic mass is 32.2. The Hall–Kier alpha value is -2.14. The second kappa shape index (κ2) is 9.85. The molecule has 0 aliphatic heterocycles. The first-order chi connectivity index (χ1) is 16.0. The Labute approximate surface area is 199 Å². The van der Waals surface area contributed by atoms with Gasteiger partial charge in [-0.2, -0.15) is 4.72 Å². The fourth-order valence-corrected chi connectivity index (χ4v) is 8.80. The highest BCUT2D eigenvalue weighted by Crippen LogP contribution is 2.66. The first kappa shape index (κ1) is 26.5. The molecule has 0 heterocycles. The van der Waals surface area contributed by atoms with E-state index in [4.69, 9.17) is 9.05 Å². The van der Waals surface area contributed by atoms with Crippen molar-refractivity contribution in [3.8, 4) is 0 Å². The molecule has 1 atom stereocenters. The second-order valence-corrected chi connectivity index (χ2v) is 13.5. The molecule has 0 aromatic heterocycles. The molecule has 9 nitrogen and oxygen atoms in total. The van der Waals surface area contributed by atoms with Crippen molar-refractivity contribution >= 4 is 33.2 Å². The van der Waals surface area contributed by atoms with Crippen LogP contribution in [-0.4, -0.2) is 41.6 Å². The molecule has 0 saturated carbocycles. The predicted molar refractivity (Wildman–Crippen MR) is 128 cm³/mol. The third-order valence-electron chi connectivity index (χ3n) is 5.21. The molecule has 3 rings (SSSR count). The average molecular weight is 528 g/mol. The number of fused-ring (bicyclic) bond motifs is 1. The molecule has 2 aromatic rings. The van der Waals surface area contributed by atoms with E-state index in [1.807, 2.05) is 0 Å². The van der Waals surface area contributed by atoms with Gasteiger partial charge < -0.3 is 9.05 Å². The molecular formula is C22H26NO8PS2. The SMILES string of the molecule is CCOP(=O)(OCC)C1(NS(=O)(=O)CC)C=C(S(=O)(=O)c2ccccc2)C(=O)c2ccccc21. The molecule has 34 heavy (non-hydrogen) atoms. The summed E-state index contributed by atoms with van der Waals surface area (Å²) in [4.78, 5) is 12.5. The van der Waals surface area contributed by atoms with E-state index in [2.05, 4.69) is 4.72 Å². The number of carbonyl (C=O) groups is 1. The summed E-state index contributed by atoms with van der Waals surface area (Å²) in [6, 6.07) is 13.0. The lowest BCUT2D eigenvalue weighted by Crippen LogP contribution is -2.49. The molecule has 0 amide bonds. The Balaban J connectivity index is 2.48. The quantitative estimate of drug-likeness (QED) is 0.464. The van der Waals surface area contributed by atoms with Crippen LogP contribution >= 0.6 is 7.60 Å². The summed E-state index contributed by atoms with van der Waals surface area (Å²) in [5.74, 6) is -1.26. The number of benzene rings is 2. The Morgan fingerprint density at radius 3 is 2.00 bits per heavy atom. The predicted octanol–water partition coefficient (Wildman–Crippen LogP) is 3.60. The van der Waals surface area contributed by atoms with Gasteiger partial charge in [0.15, 0.2) is 5.28 Å². The summed E-state index contributed by atoms with van der Waals surface area (Å²) in [6.45, 7) is 4.20. The minimum absolute atomic E-state index is 0.0192. The van der Waals surface area contributed by atoms with Crippen LogP contribution < -0.4 is 4.72 Å². The van der Waals surface area contributed by atoms with Gasteiger partial charge >= 0.3 is 7.60 Å². The maximum Gasteiger partial charge on any atom is 0.360 e. The van der Waals surface area contributed by atoms with Gasteiger partial charge in [0.2, 0.25) is 25.6 Å². The minimum atomic E-state index is -4.48. The van der Waals surface area contributed by atoms with Gasteiger partial charge in [-0.25, -0.2) is 16.8 Å². The van der Waals surface area contributed by atoms with Crippen LogP contribution in [0, 0.1) is 0 Å². The Kier molecular flexibility index (Phi) is 7.66. The van der Waals surface area contributed by atoms with Crippen molar-refractivity contribution < 1.29 is 35.2 Å². The van der Waals surface area contributed by atoms with Crippen LogP contribution in [0.1, 0.15) is 36.7 Å². The zero-order chi connectivity index (χ0) is 25.2. The standard InChI is InChI=1S/C22H26NO8PS2/c1-4-30-32(25,31-5-2)22(23-33(26,27)6-3)16-20(21(24)18-14-10-11-15-19(18)22)34(28,29)17-12-8-7-9-13-17/h7-16,23H,4-6H2,1-3H3. The van der Waals surface area contributed by atoms with Gasteiger partial charge in [-0.1, -0.05) is 42.5 Å². The molecular weight excluding hydrogens is 501 g/mol. The van der Waals surface area contributed by atoms with Crippen LogP contribution in [0.2, 0.25) is 0 Å². The molecule has 184 valence electrons. The normalized spacial score (nSPS) is 18.9. The van der Waals surface area contributed by atoms with Gasteiger partial charge in [0.1, 0.15) is 4.91 Å². The fourth-order valence-electron chi connectivity index (χ4n) is 3.66. The average Bonchev–Trinajstić information content (AvgIpc) is 2.81. The van der Waals surface area contributed by atoms with E-state index in [0.29, 0.717) is 0 Å². The lowest BCUT2D eigenvalue weighted by Gasteiger charge is -2.40. The van der Waals surface area contributed by atoms with Crippen LogP contribution in [0.5, 0.6) is 0 Å². The smallest absolute Gasteiger partial charge is 0.307 e. The summed E-state index contributed by atoms with van der Waals surface area (Å²) in [5.41, 5.74) is -0.146.